The van der Waals surface area contributed by atoms with Crippen LogP contribution in [0.2, 0.25) is 0 Å². The monoisotopic (exact) mass is 297 g/mol. The number of likely N-dealkylation sites (N-methyl/N-ethyl adjacent to an activating group) is 1. The summed E-state index contributed by atoms with van der Waals surface area (Å²) >= 11 is 0. The summed E-state index contributed by atoms with van der Waals surface area (Å²) in [5.41, 5.74) is 0. The van der Waals surface area contributed by atoms with E-state index in [4.69, 9.17) is 4.74 Å². The fraction of sp³-hybridized carbons (Fsp3) is 0.938. The Balaban J connectivity index is 1.65. The molecule has 0 radical (unpaired) electrons. The second kappa shape index (κ2) is 8.11. The van der Waals surface area contributed by atoms with E-state index >= 15 is 0 Å². The highest BCUT2D eigenvalue weighted by molar-refractivity contribution is 5.81. The minimum Gasteiger partial charge on any atom is -0.374 e. The van der Waals surface area contributed by atoms with Crippen molar-refractivity contribution in [2.75, 3.05) is 33.3 Å². The third kappa shape index (κ3) is 5.57. The van der Waals surface area contributed by atoms with E-state index in [0.29, 0.717) is 6.04 Å². The van der Waals surface area contributed by atoms with Crippen LogP contribution in [0, 0.1) is 5.92 Å². The molecule has 21 heavy (non-hydrogen) atoms. The standard InChI is InChI=1S/C16H31N3O2/c1-12-4-6-14(7-5-12)18-16(20)13(2)17-10-15-11-19(3)8-9-21-15/h12-15,17H,4-11H2,1-3H3,(H,18,20)/t12?,13-,14?,15-/m1/s1. The van der Waals surface area contributed by atoms with Gasteiger partial charge in [0.25, 0.3) is 0 Å². The van der Waals surface area contributed by atoms with Gasteiger partial charge < -0.3 is 20.3 Å². The molecule has 0 aromatic rings. The number of amides is 1. The first-order valence-electron chi connectivity index (χ1n) is 8.38. The number of morpholine rings is 1. The average Bonchev–Trinajstić information content (AvgIpc) is 2.47. The highest BCUT2D eigenvalue weighted by atomic mass is 16.5. The molecule has 0 bridgehead atoms. The van der Waals surface area contributed by atoms with Crippen LogP contribution in [0.25, 0.3) is 0 Å². The lowest BCUT2D eigenvalue weighted by Gasteiger charge is -2.31. The molecule has 0 spiro atoms. The molecule has 1 aliphatic heterocycles. The zero-order valence-corrected chi connectivity index (χ0v) is 13.7. The Hall–Kier alpha value is -0.650. The number of hydrogen-bond donors (Lipinski definition) is 2. The van der Waals surface area contributed by atoms with Gasteiger partial charge in [0.15, 0.2) is 0 Å². The predicted molar refractivity (Wildman–Crippen MR) is 84.3 cm³/mol. The van der Waals surface area contributed by atoms with Gasteiger partial charge in [-0.25, -0.2) is 0 Å². The van der Waals surface area contributed by atoms with Gasteiger partial charge in [-0.1, -0.05) is 6.92 Å². The summed E-state index contributed by atoms with van der Waals surface area (Å²) in [7, 11) is 2.11. The molecule has 2 N–H and O–H groups in total. The Labute approximate surface area is 128 Å². The Kier molecular flexibility index (Phi) is 6.45. The van der Waals surface area contributed by atoms with E-state index < -0.39 is 0 Å². The van der Waals surface area contributed by atoms with E-state index in [-0.39, 0.29) is 18.1 Å². The lowest BCUT2D eigenvalue weighted by molar-refractivity contribution is -0.124. The molecule has 2 fully saturated rings. The smallest absolute Gasteiger partial charge is 0.237 e. The van der Waals surface area contributed by atoms with Gasteiger partial charge in [0, 0.05) is 25.7 Å². The van der Waals surface area contributed by atoms with E-state index in [1.807, 2.05) is 6.92 Å². The van der Waals surface area contributed by atoms with Crippen molar-refractivity contribution < 1.29 is 9.53 Å². The van der Waals surface area contributed by atoms with Crippen molar-refractivity contribution in [3.63, 3.8) is 0 Å². The van der Waals surface area contributed by atoms with Gasteiger partial charge in [0.1, 0.15) is 0 Å². The molecule has 122 valence electrons. The largest absolute Gasteiger partial charge is 0.374 e. The summed E-state index contributed by atoms with van der Waals surface area (Å²) < 4.78 is 5.70. The third-order valence-electron chi connectivity index (χ3n) is 4.75. The lowest BCUT2D eigenvalue weighted by Crippen LogP contribution is -2.51. The Morgan fingerprint density at radius 1 is 1.33 bits per heavy atom. The van der Waals surface area contributed by atoms with Crippen LogP contribution in [-0.2, 0) is 9.53 Å². The van der Waals surface area contributed by atoms with Crippen LogP contribution in [-0.4, -0.2) is 62.3 Å². The molecule has 2 atom stereocenters. The normalized spacial score (nSPS) is 32.6. The van der Waals surface area contributed by atoms with Crippen LogP contribution >= 0.6 is 0 Å². The average molecular weight is 297 g/mol. The predicted octanol–water partition coefficient (Wildman–Crippen LogP) is 0.990. The molecular weight excluding hydrogens is 266 g/mol. The van der Waals surface area contributed by atoms with Crippen molar-refractivity contribution in [3.8, 4) is 0 Å². The van der Waals surface area contributed by atoms with E-state index in [2.05, 4.69) is 29.5 Å². The van der Waals surface area contributed by atoms with Crippen molar-refractivity contribution in [1.29, 1.82) is 0 Å². The van der Waals surface area contributed by atoms with Gasteiger partial charge in [-0.05, 0) is 45.6 Å². The van der Waals surface area contributed by atoms with Crippen LogP contribution in [0.5, 0.6) is 0 Å². The first-order valence-corrected chi connectivity index (χ1v) is 8.38. The molecule has 2 rings (SSSR count). The summed E-state index contributed by atoms with van der Waals surface area (Å²) in [5, 5.41) is 6.49. The summed E-state index contributed by atoms with van der Waals surface area (Å²) in [6.45, 7) is 7.68. The van der Waals surface area contributed by atoms with Crippen molar-refractivity contribution >= 4 is 5.91 Å². The first-order chi connectivity index (χ1) is 10.0. The zero-order chi connectivity index (χ0) is 15.2. The molecule has 0 aromatic carbocycles. The number of carbonyl (C=O) groups excluding carboxylic acids is 1. The maximum absolute atomic E-state index is 12.2. The summed E-state index contributed by atoms with van der Waals surface area (Å²) in [6.07, 6.45) is 4.89. The number of nitrogens with one attached hydrogen (secondary N) is 2. The molecule has 0 unspecified atom stereocenters. The number of carbonyl (C=O) groups is 1. The summed E-state index contributed by atoms with van der Waals surface area (Å²) in [6, 6.07) is 0.218. The number of ether oxygens (including phenoxy) is 1. The van der Waals surface area contributed by atoms with E-state index in [1.54, 1.807) is 0 Å². The van der Waals surface area contributed by atoms with Crippen molar-refractivity contribution in [2.45, 2.75) is 57.7 Å². The summed E-state index contributed by atoms with van der Waals surface area (Å²) in [4.78, 5) is 14.5. The molecule has 1 saturated heterocycles. The summed E-state index contributed by atoms with van der Waals surface area (Å²) in [5.74, 6) is 0.938. The molecule has 5 heteroatoms. The van der Waals surface area contributed by atoms with Crippen LogP contribution in [0.3, 0.4) is 0 Å². The van der Waals surface area contributed by atoms with Gasteiger partial charge in [0.2, 0.25) is 5.91 Å². The Morgan fingerprint density at radius 2 is 2.05 bits per heavy atom. The maximum Gasteiger partial charge on any atom is 0.237 e. The van der Waals surface area contributed by atoms with E-state index in [9.17, 15) is 4.79 Å². The van der Waals surface area contributed by atoms with Gasteiger partial charge in [-0.2, -0.15) is 0 Å². The Bertz CT molecular complexity index is 329. The highest BCUT2D eigenvalue weighted by Crippen LogP contribution is 2.23. The van der Waals surface area contributed by atoms with Crippen molar-refractivity contribution in [1.82, 2.24) is 15.5 Å². The van der Waals surface area contributed by atoms with Crippen LogP contribution in [0.4, 0.5) is 0 Å². The van der Waals surface area contributed by atoms with E-state index in [1.165, 1.54) is 12.8 Å². The molecule has 1 heterocycles. The third-order valence-corrected chi connectivity index (χ3v) is 4.75. The molecule has 1 amide bonds. The van der Waals surface area contributed by atoms with E-state index in [0.717, 1.165) is 45.0 Å². The second-order valence-corrected chi connectivity index (χ2v) is 6.85. The molecule has 2 aliphatic rings. The molecular formula is C16H31N3O2. The first kappa shape index (κ1) is 16.7. The van der Waals surface area contributed by atoms with Gasteiger partial charge in [0.05, 0.1) is 18.8 Å². The van der Waals surface area contributed by atoms with Gasteiger partial charge in [-0.15, -0.1) is 0 Å². The number of nitrogens with zero attached hydrogens (tertiary/aromatic N) is 1. The molecule has 1 saturated carbocycles. The van der Waals surface area contributed by atoms with Crippen LogP contribution in [0.1, 0.15) is 39.5 Å². The van der Waals surface area contributed by atoms with Gasteiger partial charge in [-0.3, -0.25) is 4.79 Å². The highest BCUT2D eigenvalue weighted by Gasteiger charge is 2.23. The maximum atomic E-state index is 12.2. The topological polar surface area (TPSA) is 53.6 Å². The minimum atomic E-state index is -0.153. The lowest BCUT2D eigenvalue weighted by atomic mass is 9.87. The number of hydrogen-bond acceptors (Lipinski definition) is 4. The quantitative estimate of drug-likeness (QED) is 0.794. The minimum absolute atomic E-state index is 0.124. The molecule has 0 aromatic heterocycles. The van der Waals surface area contributed by atoms with Crippen molar-refractivity contribution in [2.24, 2.45) is 5.92 Å². The second-order valence-electron chi connectivity index (χ2n) is 6.85. The molecule has 1 aliphatic carbocycles. The van der Waals surface area contributed by atoms with Gasteiger partial charge >= 0.3 is 0 Å². The molecule has 5 nitrogen and oxygen atoms in total. The Morgan fingerprint density at radius 3 is 2.71 bits per heavy atom. The van der Waals surface area contributed by atoms with Crippen LogP contribution in [0.15, 0.2) is 0 Å². The fourth-order valence-corrected chi connectivity index (χ4v) is 3.12. The number of rotatable bonds is 5. The van der Waals surface area contributed by atoms with Crippen LogP contribution < -0.4 is 10.6 Å². The SMILES string of the molecule is CC1CCC(NC(=O)[C@@H](C)NC[C@@H]2CN(C)CCO2)CC1. The van der Waals surface area contributed by atoms with Crippen molar-refractivity contribution in [3.05, 3.63) is 0 Å². The fourth-order valence-electron chi connectivity index (χ4n) is 3.12. The zero-order valence-electron chi connectivity index (χ0n) is 13.7.